The largest absolute Gasteiger partial charge is 0.496 e. The smallest absolute Gasteiger partial charge is 0.327 e. The van der Waals surface area contributed by atoms with Gasteiger partial charge >= 0.3 is 5.97 Å². The van der Waals surface area contributed by atoms with Crippen LogP contribution in [-0.2, 0) is 9.53 Å². The lowest BCUT2D eigenvalue weighted by atomic mass is 9.94. The van der Waals surface area contributed by atoms with Gasteiger partial charge in [0.1, 0.15) is 11.8 Å². The molecule has 0 aromatic heterocycles. The van der Waals surface area contributed by atoms with E-state index in [2.05, 4.69) is 5.32 Å². The summed E-state index contributed by atoms with van der Waals surface area (Å²) in [6.45, 7) is 5.95. The second kappa shape index (κ2) is 5.87. The lowest BCUT2D eigenvalue weighted by molar-refractivity contribution is -0.143. The van der Waals surface area contributed by atoms with Gasteiger partial charge in [-0.25, -0.2) is 4.79 Å². The highest BCUT2D eigenvalue weighted by atomic mass is 16.5. The summed E-state index contributed by atoms with van der Waals surface area (Å²) in [7, 11) is 4.80. The Kier molecular flexibility index (Phi) is 4.73. The summed E-state index contributed by atoms with van der Waals surface area (Å²) in [5.74, 6) is 0.584. The molecule has 0 heterocycles. The van der Waals surface area contributed by atoms with Gasteiger partial charge in [0.15, 0.2) is 0 Å². The molecular formula is C14H21NO3. The molecule has 1 N–H and O–H groups in total. The molecule has 0 radical (unpaired) electrons. The Morgan fingerprint density at radius 2 is 1.83 bits per heavy atom. The molecule has 1 unspecified atom stereocenters. The Morgan fingerprint density at radius 3 is 2.28 bits per heavy atom. The van der Waals surface area contributed by atoms with Crippen LogP contribution >= 0.6 is 0 Å². The summed E-state index contributed by atoms with van der Waals surface area (Å²) in [6, 6.07) is 1.53. The molecule has 0 aliphatic heterocycles. The van der Waals surface area contributed by atoms with E-state index in [9.17, 15) is 4.79 Å². The van der Waals surface area contributed by atoms with Crippen LogP contribution < -0.4 is 10.1 Å². The molecule has 1 aromatic carbocycles. The Bertz CT molecular complexity index is 455. The van der Waals surface area contributed by atoms with Gasteiger partial charge in [0, 0.05) is 0 Å². The number of benzene rings is 1. The van der Waals surface area contributed by atoms with E-state index in [-0.39, 0.29) is 5.97 Å². The number of nitrogens with one attached hydrogen (secondary N) is 1. The van der Waals surface area contributed by atoms with E-state index in [0.717, 1.165) is 28.0 Å². The molecule has 0 spiro atoms. The second-order valence-electron chi connectivity index (χ2n) is 4.31. The van der Waals surface area contributed by atoms with E-state index in [1.54, 1.807) is 14.2 Å². The van der Waals surface area contributed by atoms with E-state index < -0.39 is 6.04 Å². The Morgan fingerprint density at radius 1 is 1.22 bits per heavy atom. The van der Waals surface area contributed by atoms with E-state index in [1.165, 1.54) is 7.11 Å². The summed E-state index contributed by atoms with van der Waals surface area (Å²) >= 11 is 0. The molecule has 0 aliphatic carbocycles. The Balaban J connectivity index is 3.37. The first-order valence-corrected chi connectivity index (χ1v) is 5.87. The number of methoxy groups -OCH3 is 2. The number of ether oxygens (including phenoxy) is 2. The first kappa shape index (κ1) is 14.5. The third-order valence-corrected chi connectivity index (χ3v) is 3.31. The predicted octanol–water partition coefficient (Wildman–Crippen LogP) is 2.05. The minimum atomic E-state index is -0.446. The van der Waals surface area contributed by atoms with Crippen molar-refractivity contribution in [2.75, 3.05) is 21.3 Å². The number of aryl methyl sites for hydroxylation is 1. The van der Waals surface area contributed by atoms with Crippen molar-refractivity contribution >= 4 is 5.97 Å². The maximum Gasteiger partial charge on any atom is 0.327 e. The SMILES string of the molecule is CNC(C(=O)OC)c1cc(C)c(OC)c(C)c1C. The van der Waals surface area contributed by atoms with Crippen molar-refractivity contribution < 1.29 is 14.3 Å². The van der Waals surface area contributed by atoms with Crippen molar-refractivity contribution in [2.24, 2.45) is 0 Å². The number of hydrogen-bond acceptors (Lipinski definition) is 4. The van der Waals surface area contributed by atoms with Crippen LogP contribution in [0.4, 0.5) is 0 Å². The zero-order chi connectivity index (χ0) is 13.9. The number of esters is 1. The van der Waals surface area contributed by atoms with Crippen LogP contribution in [0.15, 0.2) is 6.07 Å². The fourth-order valence-corrected chi connectivity index (χ4v) is 2.22. The molecule has 0 fully saturated rings. The molecule has 1 rings (SSSR count). The average molecular weight is 251 g/mol. The molecule has 0 saturated carbocycles. The summed E-state index contributed by atoms with van der Waals surface area (Å²) < 4.78 is 10.2. The standard InChI is InChI=1S/C14H21NO3/c1-8-7-11(12(15-4)14(16)18-6)9(2)10(3)13(8)17-5/h7,12,15H,1-6H3. The zero-order valence-corrected chi connectivity index (χ0v) is 11.9. The van der Waals surface area contributed by atoms with Crippen LogP contribution in [0.2, 0.25) is 0 Å². The highest BCUT2D eigenvalue weighted by Gasteiger charge is 2.23. The summed E-state index contributed by atoms with van der Waals surface area (Å²) in [5, 5.41) is 2.99. The second-order valence-corrected chi connectivity index (χ2v) is 4.31. The molecule has 18 heavy (non-hydrogen) atoms. The highest BCUT2D eigenvalue weighted by molar-refractivity contribution is 5.78. The van der Waals surface area contributed by atoms with E-state index >= 15 is 0 Å². The van der Waals surface area contributed by atoms with E-state index in [4.69, 9.17) is 9.47 Å². The molecule has 0 bridgehead atoms. The molecule has 4 heteroatoms. The van der Waals surface area contributed by atoms with Crippen LogP contribution in [0.3, 0.4) is 0 Å². The Hall–Kier alpha value is -1.55. The van der Waals surface area contributed by atoms with Crippen LogP contribution in [0.25, 0.3) is 0 Å². The third-order valence-electron chi connectivity index (χ3n) is 3.31. The lowest BCUT2D eigenvalue weighted by Crippen LogP contribution is -2.27. The number of likely N-dealkylation sites (N-methyl/N-ethyl adjacent to an activating group) is 1. The molecule has 0 aliphatic rings. The van der Waals surface area contributed by atoms with E-state index in [0.29, 0.717) is 0 Å². The lowest BCUT2D eigenvalue weighted by Gasteiger charge is -2.20. The van der Waals surface area contributed by atoms with Crippen LogP contribution in [0.1, 0.15) is 28.3 Å². The van der Waals surface area contributed by atoms with Crippen LogP contribution in [0.5, 0.6) is 5.75 Å². The van der Waals surface area contributed by atoms with Crippen molar-refractivity contribution in [3.05, 3.63) is 28.3 Å². The summed E-state index contributed by atoms with van der Waals surface area (Å²) in [4.78, 5) is 11.8. The summed E-state index contributed by atoms with van der Waals surface area (Å²) in [6.07, 6.45) is 0. The van der Waals surface area contributed by atoms with Gasteiger partial charge in [0.25, 0.3) is 0 Å². The van der Waals surface area contributed by atoms with Gasteiger partial charge in [-0.05, 0) is 56.1 Å². The van der Waals surface area contributed by atoms with Crippen molar-refractivity contribution in [3.63, 3.8) is 0 Å². The van der Waals surface area contributed by atoms with Crippen molar-refractivity contribution in [3.8, 4) is 5.75 Å². The summed E-state index contributed by atoms with van der Waals surface area (Å²) in [5.41, 5.74) is 4.04. The number of carbonyl (C=O) groups excluding carboxylic acids is 1. The molecule has 0 saturated heterocycles. The molecular weight excluding hydrogens is 230 g/mol. The van der Waals surface area contributed by atoms with Gasteiger partial charge in [-0.2, -0.15) is 0 Å². The maximum absolute atomic E-state index is 11.8. The number of hydrogen-bond donors (Lipinski definition) is 1. The number of carbonyl (C=O) groups is 1. The predicted molar refractivity (Wildman–Crippen MR) is 71.0 cm³/mol. The molecule has 100 valence electrons. The van der Waals surface area contributed by atoms with Crippen LogP contribution in [0, 0.1) is 20.8 Å². The topological polar surface area (TPSA) is 47.6 Å². The molecule has 1 aromatic rings. The molecule has 1 atom stereocenters. The normalized spacial score (nSPS) is 12.1. The Labute approximate surface area is 108 Å². The van der Waals surface area contributed by atoms with Gasteiger partial charge in [-0.1, -0.05) is 0 Å². The first-order valence-electron chi connectivity index (χ1n) is 5.87. The van der Waals surface area contributed by atoms with Gasteiger partial charge in [0.05, 0.1) is 14.2 Å². The fraction of sp³-hybridized carbons (Fsp3) is 0.500. The number of rotatable bonds is 4. The van der Waals surface area contributed by atoms with Gasteiger partial charge in [-0.15, -0.1) is 0 Å². The quantitative estimate of drug-likeness (QED) is 0.832. The average Bonchev–Trinajstić information content (AvgIpc) is 2.36. The first-order chi connectivity index (χ1) is 8.47. The third kappa shape index (κ3) is 2.48. The zero-order valence-electron chi connectivity index (χ0n) is 11.9. The van der Waals surface area contributed by atoms with E-state index in [1.807, 2.05) is 26.8 Å². The highest BCUT2D eigenvalue weighted by Crippen LogP contribution is 2.31. The molecule has 0 amide bonds. The van der Waals surface area contributed by atoms with Crippen molar-refractivity contribution in [1.82, 2.24) is 5.32 Å². The van der Waals surface area contributed by atoms with Crippen LogP contribution in [-0.4, -0.2) is 27.2 Å². The van der Waals surface area contributed by atoms with Crippen molar-refractivity contribution in [1.29, 1.82) is 0 Å². The van der Waals surface area contributed by atoms with Crippen molar-refractivity contribution in [2.45, 2.75) is 26.8 Å². The van der Waals surface area contributed by atoms with Gasteiger partial charge < -0.3 is 14.8 Å². The monoisotopic (exact) mass is 251 g/mol. The molecule has 4 nitrogen and oxygen atoms in total. The van der Waals surface area contributed by atoms with Gasteiger partial charge in [0.2, 0.25) is 0 Å². The minimum absolute atomic E-state index is 0.287. The maximum atomic E-state index is 11.8. The minimum Gasteiger partial charge on any atom is -0.496 e. The fourth-order valence-electron chi connectivity index (χ4n) is 2.22. The van der Waals surface area contributed by atoms with Gasteiger partial charge in [-0.3, -0.25) is 0 Å².